The molecule has 0 saturated carbocycles. The van der Waals surface area contributed by atoms with Crippen LogP contribution in [0.3, 0.4) is 0 Å². The van der Waals surface area contributed by atoms with E-state index < -0.39 is 0 Å². The lowest BCUT2D eigenvalue weighted by Gasteiger charge is -2.29. The highest BCUT2D eigenvalue weighted by Crippen LogP contribution is 2.49. The molecular weight excluding hydrogens is 591 g/mol. The Hall–Kier alpha value is -2.45. The molecule has 3 aromatic rings. The molecule has 192 valence electrons. The molecule has 5 rings (SSSR count). The van der Waals surface area contributed by atoms with Crippen LogP contribution in [0.2, 0.25) is 0 Å². The number of para-hydroxylation sites is 1. The number of fused-ring (bicyclic) bond motifs is 2. The number of ketones is 1. The van der Waals surface area contributed by atoms with E-state index in [1.807, 2.05) is 18.2 Å². The van der Waals surface area contributed by atoms with Gasteiger partial charge in [0.1, 0.15) is 10.5 Å². The molecule has 0 unspecified atom stereocenters. The van der Waals surface area contributed by atoms with Gasteiger partial charge in [-0.1, -0.05) is 64.0 Å². The second-order valence-corrected chi connectivity index (χ2v) is 12.7. The van der Waals surface area contributed by atoms with Crippen LogP contribution >= 0.6 is 33.9 Å². The summed E-state index contributed by atoms with van der Waals surface area (Å²) in [7, 11) is 0. The number of Topliss-reactive ketones (excluding diaryl/α,β-unsaturated/α-hetero) is 1. The van der Waals surface area contributed by atoms with E-state index in [1.165, 1.54) is 25.0 Å². The third kappa shape index (κ3) is 4.56. The summed E-state index contributed by atoms with van der Waals surface area (Å²) in [6, 6.07) is 14.9. The zero-order valence-corrected chi connectivity index (χ0v) is 24.9. The number of aliphatic hydroxyl groups is 1. The van der Waals surface area contributed by atoms with Crippen LogP contribution in [0.15, 0.2) is 71.1 Å². The highest BCUT2D eigenvalue weighted by Gasteiger charge is 2.42. The molecule has 0 fully saturated rings. The number of halogens is 1. The maximum absolute atomic E-state index is 13.4. The first-order valence-corrected chi connectivity index (χ1v) is 15.1. The summed E-state index contributed by atoms with van der Waals surface area (Å²) in [4.78, 5) is 15.8. The number of rotatable bonds is 8. The summed E-state index contributed by atoms with van der Waals surface area (Å²) in [5.74, 6) is 0.0232. The number of aromatic nitrogens is 1. The number of thiazole rings is 1. The SMILES string of the molecule is CCCCN1/C(=C/C2=C(O)C(=C\c3sc4ccccc4[n+]3CCCC)/C2=O)C(C)(C)c2cc(I)ccc21. The summed E-state index contributed by atoms with van der Waals surface area (Å²) >= 11 is 4.03. The highest BCUT2D eigenvalue weighted by molar-refractivity contribution is 14.1. The van der Waals surface area contributed by atoms with Gasteiger partial charge in [0.25, 0.3) is 5.01 Å². The maximum Gasteiger partial charge on any atom is 0.263 e. The number of allylic oxidation sites excluding steroid dienone is 4. The number of hydrogen-bond acceptors (Lipinski definition) is 4. The Morgan fingerprint density at radius 1 is 1.08 bits per heavy atom. The lowest BCUT2D eigenvalue weighted by molar-refractivity contribution is -0.669. The van der Waals surface area contributed by atoms with Gasteiger partial charge in [-0.05, 0) is 64.9 Å². The molecule has 0 radical (unpaired) electrons. The van der Waals surface area contributed by atoms with E-state index >= 15 is 0 Å². The summed E-state index contributed by atoms with van der Waals surface area (Å²) < 4.78 is 4.67. The molecule has 1 N–H and O–H groups in total. The van der Waals surface area contributed by atoms with Crippen molar-refractivity contribution in [1.29, 1.82) is 0 Å². The standard InChI is InChI=1S/C31H33IN2O2S/c1-5-7-15-33-24-14-13-20(32)17-23(24)31(3,4)27(33)18-21-29(35)22(30(21)36)19-28-34(16-8-6-2)25-11-9-10-12-26(25)37-28/h9-14,17-19H,5-8,15-16H2,1-4H3/p+1. The van der Waals surface area contributed by atoms with E-state index in [1.54, 1.807) is 11.3 Å². The largest absolute Gasteiger partial charge is 0.506 e. The second-order valence-electron chi connectivity index (χ2n) is 10.4. The third-order valence-corrected chi connectivity index (χ3v) is 9.29. The number of carbonyl (C=O) groups is 1. The fourth-order valence-electron chi connectivity index (χ4n) is 5.34. The van der Waals surface area contributed by atoms with Crippen molar-refractivity contribution in [2.75, 3.05) is 11.4 Å². The van der Waals surface area contributed by atoms with Crippen LogP contribution in [-0.2, 0) is 16.8 Å². The highest BCUT2D eigenvalue weighted by atomic mass is 127. The topological polar surface area (TPSA) is 44.4 Å². The number of benzene rings is 2. The molecule has 1 aliphatic carbocycles. The molecular formula is C31H34IN2O2S+. The number of aryl methyl sites for hydroxylation is 1. The lowest BCUT2D eigenvalue weighted by Crippen LogP contribution is -2.35. The number of nitrogens with zero attached hydrogens (tertiary/aromatic N) is 2. The van der Waals surface area contributed by atoms with Crippen LogP contribution in [0.4, 0.5) is 5.69 Å². The molecule has 6 heteroatoms. The lowest BCUT2D eigenvalue weighted by atomic mass is 9.80. The normalized spacial score (nSPS) is 18.8. The van der Waals surface area contributed by atoms with Gasteiger partial charge < -0.3 is 10.0 Å². The first kappa shape index (κ1) is 26.2. The zero-order valence-electron chi connectivity index (χ0n) is 22.0. The first-order chi connectivity index (χ1) is 17.8. The molecule has 37 heavy (non-hydrogen) atoms. The van der Waals surface area contributed by atoms with Gasteiger partial charge in [0.05, 0.1) is 11.1 Å². The van der Waals surface area contributed by atoms with Crippen molar-refractivity contribution >= 4 is 61.7 Å². The zero-order chi connectivity index (χ0) is 26.3. The van der Waals surface area contributed by atoms with Crippen LogP contribution in [-0.4, -0.2) is 17.4 Å². The van der Waals surface area contributed by atoms with Crippen molar-refractivity contribution < 1.29 is 14.5 Å². The second kappa shape index (κ2) is 10.4. The van der Waals surface area contributed by atoms with Crippen LogP contribution < -0.4 is 9.47 Å². The van der Waals surface area contributed by atoms with Gasteiger partial charge in [0, 0.05) is 45.5 Å². The number of anilines is 1. The van der Waals surface area contributed by atoms with Gasteiger partial charge in [-0.25, -0.2) is 0 Å². The van der Waals surface area contributed by atoms with Crippen molar-refractivity contribution in [3.05, 3.63) is 85.3 Å². The predicted octanol–water partition coefficient (Wildman–Crippen LogP) is 7.85. The average Bonchev–Trinajstić information content (AvgIpc) is 3.34. The molecule has 2 aromatic carbocycles. The quantitative estimate of drug-likeness (QED) is 0.158. The van der Waals surface area contributed by atoms with Crippen LogP contribution in [0.5, 0.6) is 0 Å². The van der Waals surface area contributed by atoms with E-state index in [4.69, 9.17) is 0 Å². The molecule has 2 aliphatic rings. The van der Waals surface area contributed by atoms with Gasteiger partial charge in [-0.2, -0.15) is 4.57 Å². The smallest absolute Gasteiger partial charge is 0.263 e. The van der Waals surface area contributed by atoms with Crippen molar-refractivity contribution in [3.63, 3.8) is 0 Å². The minimum Gasteiger partial charge on any atom is -0.506 e. The fourth-order valence-corrected chi connectivity index (χ4v) is 6.97. The molecule has 0 atom stereocenters. The van der Waals surface area contributed by atoms with Crippen molar-refractivity contribution in [2.45, 2.75) is 65.3 Å². The summed E-state index contributed by atoms with van der Waals surface area (Å²) in [5, 5.41) is 12.1. The molecule has 0 spiro atoms. The summed E-state index contributed by atoms with van der Waals surface area (Å²) in [6.45, 7) is 10.6. The molecule has 4 nitrogen and oxygen atoms in total. The molecule has 2 heterocycles. The van der Waals surface area contributed by atoms with Crippen molar-refractivity contribution in [2.24, 2.45) is 0 Å². The number of aliphatic hydroxyl groups excluding tert-OH is 1. The Morgan fingerprint density at radius 3 is 2.57 bits per heavy atom. The van der Waals surface area contributed by atoms with Crippen molar-refractivity contribution in [1.82, 2.24) is 0 Å². The monoisotopic (exact) mass is 625 g/mol. The van der Waals surface area contributed by atoms with Gasteiger partial charge in [-0.15, -0.1) is 0 Å². The van der Waals surface area contributed by atoms with E-state index in [0.717, 1.165) is 49.5 Å². The van der Waals surface area contributed by atoms with Crippen LogP contribution in [0, 0.1) is 3.57 Å². The van der Waals surface area contributed by atoms with E-state index in [9.17, 15) is 9.90 Å². The first-order valence-electron chi connectivity index (χ1n) is 13.2. The van der Waals surface area contributed by atoms with Gasteiger partial charge in [0.2, 0.25) is 11.3 Å². The Labute approximate surface area is 237 Å². The number of carbonyl (C=O) groups excluding carboxylic acids is 1. The average molecular weight is 626 g/mol. The predicted molar refractivity (Wildman–Crippen MR) is 162 cm³/mol. The van der Waals surface area contributed by atoms with Gasteiger partial charge in [-0.3, -0.25) is 4.79 Å². The maximum atomic E-state index is 13.4. The van der Waals surface area contributed by atoms with E-state index in [0.29, 0.717) is 11.1 Å². The number of hydrogen-bond donors (Lipinski definition) is 1. The Balaban J connectivity index is 1.55. The fraction of sp³-hybridized carbons (Fsp3) is 0.355. The van der Waals surface area contributed by atoms with Gasteiger partial charge >= 0.3 is 0 Å². The van der Waals surface area contributed by atoms with E-state index in [2.05, 4.69) is 96.2 Å². The summed E-state index contributed by atoms with van der Waals surface area (Å²) in [6.07, 6.45) is 8.14. The molecule has 1 aliphatic heterocycles. The molecule has 0 amide bonds. The van der Waals surface area contributed by atoms with Crippen LogP contribution in [0.25, 0.3) is 16.3 Å². The van der Waals surface area contributed by atoms with Gasteiger partial charge in [0.15, 0.2) is 6.54 Å². The Morgan fingerprint density at radius 2 is 1.84 bits per heavy atom. The minimum absolute atomic E-state index is 0.0822. The molecule has 0 saturated heterocycles. The minimum atomic E-state index is -0.258. The Kier molecular flexibility index (Phi) is 7.33. The number of unbranched alkanes of at least 4 members (excludes halogenated alkanes) is 2. The summed E-state index contributed by atoms with van der Waals surface area (Å²) in [5.41, 5.74) is 5.29. The Bertz CT molecular complexity index is 1480. The molecule has 1 aromatic heterocycles. The third-order valence-electron chi connectivity index (χ3n) is 7.51. The van der Waals surface area contributed by atoms with Crippen LogP contribution in [0.1, 0.15) is 63.9 Å². The molecule has 0 bridgehead atoms. The van der Waals surface area contributed by atoms with Crippen molar-refractivity contribution in [3.8, 4) is 0 Å². The van der Waals surface area contributed by atoms with E-state index in [-0.39, 0.29) is 17.0 Å².